The van der Waals surface area contributed by atoms with Crippen molar-refractivity contribution in [2.75, 3.05) is 6.54 Å². The summed E-state index contributed by atoms with van der Waals surface area (Å²) in [4.78, 5) is 5.47. The van der Waals surface area contributed by atoms with Crippen LogP contribution >= 0.6 is 27.3 Å². The molecule has 14 heavy (non-hydrogen) atoms. The number of hydrazine groups is 1. The highest BCUT2D eigenvalue weighted by atomic mass is 79.9. The second-order valence-corrected chi connectivity index (χ2v) is 4.48. The summed E-state index contributed by atoms with van der Waals surface area (Å²) in [5.74, 6) is 5.90. The third-order valence-corrected chi connectivity index (χ3v) is 3.18. The summed E-state index contributed by atoms with van der Waals surface area (Å²) in [6.07, 6.45) is 0. The van der Waals surface area contributed by atoms with E-state index in [4.69, 9.17) is 5.84 Å². The topological polar surface area (TPSA) is 62.4 Å². The van der Waals surface area contributed by atoms with Crippen molar-refractivity contribution >= 4 is 33.2 Å². The maximum Gasteiger partial charge on any atom is 0.206 e. The largest absolute Gasteiger partial charge is 0.356 e. The Kier molecular flexibility index (Phi) is 4.92. The second kappa shape index (κ2) is 6.00. The van der Waals surface area contributed by atoms with E-state index in [1.807, 2.05) is 18.4 Å². The number of hydrogen-bond acceptors (Lipinski definition) is 3. The number of guanidine groups is 1. The van der Waals surface area contributed by atoms with Gasteiger partial charge in [-0.2, -0.15) is 0 Å². The molecule has 6 heteroatoms. The van der Waals surface area contributed by atoms with Gasteiger partial charge in [-0.25, -0.2) is 10.8 Å². The molecule has 0 aliphatic rings. The summed E-state index contributed by atoms with van der Waals surface area (Å²) in [5.41, 5.74) is 2.51. The number of nitrogens with zero attached hydrogens (tertiary/aromatic N) is 1. The molecule has 0 unspecified atom stereocenters. The van der Waals surface area contributed by atoms with Crippen LogP contribution in [0.4, 0.5) is 0 Å². The minimum Gasteiger partial charge on any atom is -0.356 e. The molecule has 1 heterocycles. The summed E-state index contributed by atoms with van der Waals surface area (Å²) >= 11 is 5.06. The highest BCUT2D eigenvalue weighted by Crippen LogP contribution is 2.20. The molecule has 1 aromatic heterocycles. The van der Waals surface area contributed by atoms with Gasteiger partial charge in [0.15, 0.2) is 0 Å². The van der Waals surface area contributed by atoms with Crippen molar-refractivity contribution in [2.45, 2.75) is 13.5 Å². The average Bonchev–Trinajstić information content (AvgIpc) is 2.59. The Bertz CT molecular complexity index is 310. The monoisotopic (exact) mass is 276 g/mol. The van der Waals surface area contributed by atoms with Gasteiger partial charge < -0.3 is 5.32 Å². The van der Waals surface area contributed by atoms with Crippen LogP contribution in [0.5, 0.6) is 0 Å². The van der Waals surface area contributed by atoms with Gasteiger partial charge in [0.05, 0.1) is 6.54 Å². The lowest BCUT2D eigenvalue weighted by Crippen LogP contribution is -2.41. The highest BCUT2D eigenvalue weighted by Gasteiger charge is 1.97. The van der Waals surface area contributed by atoms with E-state index in [1.54, 1.807) is 11.3 Å². The van der Waals surface area contributed by atoms with Crippen molar-refractivity contribution in [3.63, 3.8) is 0 Å². The number of hydrogen-bond donors (Lipinski definition) is 3. The van der Waals surface area contributed by atoms with Gasteiger partial charge in [0.25, 0.3) is 0 Å². The van der Waals surface area contributed by atoms with E-state index in [1.165, 1.54) is 4.88 Å². The first-order chi connectivity index (χ1) is 6.76. The first-order valence-corrected chi connectivity index (χ1v) is 5.91. The first kappa shape index (κ1) is 11.5. The minimum absolute atomic E-state index is 0.622. The standard InChI is InChI=1S/C8H13BrN4S/c1-2-11-8(13-10)12-4-7-3-6(9)5-14-7/h3,5H,2,4,10H2,1H3,(H2,11,12,13). The second-order valence-electron chi connectivity index (χ2n) is 2.57. The molecular weight excluding hydrogens is 264 g/mol. The molecule has 0 spiro atoms. The predicted molar refractivity (Wildman–Crippen MR) is 64.2 cm³/mol. The number of rotatable bonds is 3. The maximum absolute atomic E-state index is 5.28. The molecular formula is C8H13BrN4S. The number of aliphatic imine (C=N–C) groups is 1. The van der Waals surface area contributed by atoms with E-state index in [2.05, 4.69) is 31.7 Å². The maximum atomic E-state index is 5.28. The molecule has 1 aromatic rings. The lowest BCUT2D eigenvalue weighted by atomic mass is 10.5. The molecule has 0 fully saturated rings. The zero-order valence-electron chi connectivity index (χ0n) is 7.88. The van der Waals surface area contributed by atoms with Gasteiger partial charge >= 0.3 is 0 Å². The fraction of sp³-hybridized carbons (Fsp3) is 0.375. The molecule has 78 valence electrons. The first-order valence-electron chi connectivity index (χ1n) is 4.24. The van der Waals surface area contributed by atoms with Gasteiger partial charge in [-0.15, -0.1) is 11.3 Å². The zero-order chi connectivity index (χ0) is 10.4. The van der Waals surface area contributed by atoms with Crippen LogP contribution in [0, 0.1) is 0 Å². The SMILES string of the molecule is CCNC(=NCc1cc(Br)cs1)NN. The van der Waals surface area contributed by atoms with Gasteiger partial charge in [0, 0.05) is 21.3 Å². The van der Waals surface area contributed by atoms with Crippen molar-refractivity contribution in [3.05, 3.63) is 20.8 Å². The summed E-state index contributed by atoms with van der Waals surface area (Å²) in [7, 11) is 0. The number of nitrogens with two attached hydrogens (primary N) is 1. The van der Waals surface area contributed by atoms with Gasteiger partial charge in [-0.3, -0.25) is 5.43 Å². The van der Waals surface area contributed by atoms with E-state index >= 15 is 0 Å². The van der Waals surface area contributed by atoms with Crippen molar-refractivity contribution in [2.24, 2.45) is 10.8 Å². The summed E-state index contributed by atoms with van der Waals surface area (Å²) in [6.45, 7) is 3.44. The van der Waals surface area contributed by atoms with Crippen LogP contribution in [-0.4, -0.2) is 12.5 Å². The van der Waals surface area contributed by atoms with Crippen molar-refractivity contribution in [1.29, 1.82) is 0 Å². The summed E-state index contributed by atoms with van der Waals surface area (Å²) in [6, 6.07) is 2.05. The summed E-state index contributed by atoms with van der Waals surface area (Å²) in [5, 5.41) is 5.05. The lowest BCUT2D eigenvalue weighted by molar-refractivity contribution is 0.854. The van der Waals surface area contributed by atoms with E-state index in [0.29, 0.717) is 12.5 Å². The predicted octanol–water partition coefficient (Wildman–Crippen LogP) is 1.44. The van der Waals surface area contributed by atoms with Crippen LogP contribution in [0.1, 0.15) is 11.8 Å². The van der Waals surface area contributed by atoms with Crippen LogP contribution < -0.4 is 16.6 Å². The average molecular weight is 277 g/mol. The van der Waals surface area contributed by atoms with Gasteiger partial charge in [-0.05, 0) is 28.9 Å². The zero-order valence-corrected chi connectivity index (χ0v) is 10.3. The van der Waals surface area contributed by atoms with Gasteiger partial charge in [-0.1, -0.05) is 0 Å². The van der Waals surface area contributed by atoms with Crippen LogP contribution in [0.15, 0.2) is 20.9 Å². The van der Waals surface area contributed by atoms with E-state index < -0.39 is 0 Å². The molecule has 1 rings (SSSR count). The van der Waals surface area contributed by atoms with Crippen molar-refractivity contribution in [3.8, 4) is 0 Å². The smallest absolute Gasteiger partial charge is 0.206 e. The summed E-state index contributed by atoms with van der Waals surface area (Å²) < 4.78 is 1.10. The third-order valence-electron chi connectivity index (χ3n) is 1.50. The molecule has 0 saturated carbocycles. The third kappa shape index (κ3) is 3.65. The van der Waals surface area contributed by atoms with E-state index in [-0.39, 0.29) is 0 Å². The van der Waals surface area contributed by atoms with Gasteiger partial charge in [0.2, 0.25) is 5.96 Å². The Balaban J connectivity index is 2.51. The Morgan fingerprint density at radius 3 is 3.00 bits per heavy atom. The van der Waals surface area contributed by atoms with Crippen molar-refractivity contribution in [1.82, 2.24) is 10.7 Å². The molecule has 0 atom stereocenters. The lowest BCUT2D eigenvalue weighted by Gasteiger charge is -2.05. The minimum atomic E-state index is 0.622. The van der Waals surface area contributed by atoms with Crippen LogP contribution in [0.2, 0.25) is 0 Å². The number of thiophene rings is 1. The van der Waals surface area contributed by atoms with Gasteiger partial charge in [0.1, 0.15) is 0 Å². The number of nitrogens with one attached hydrogen (secondary N) is 2. The van der Waals surface area contributed by atoms with Crippen molar-refractivity contribution < 1.29 is 0 Å². The number of halogens is 1. The normalized spacial score (nSPS) is 11.5. The molecule has 0 bridgehead atoms. The Morgan fingerprint density at radius 1 is 1.71 bits per heavy atom. The molecule has 0 aliphatic heterocycles. The molecule has 0 saturated heterocycles. The Hall–Kier alpha value is -0.590. The fourth-order valence-corrected chi connectivity index (χ4v) is 2.29. The highest BCUT2D eigenvalue weighted by molar-refractivity contribution is 9.10. The molecule has 0 amide bonds. The van der Waals surface area contributed by atoms with E-state index in [0.717, 1.165) is 11.0 Å². The Morgan fingerprint density at radius 2 is 2.50 bits per heavy atom. The quantitative estimate of drug-likeness (QED) is 0.339. The van der Waals surface area contributed by atoms with Crippen LogP contribution in [-0.2, 0) is 6.54 Å². The van der Waals surface area contributed by atoms with Crippen LogP contribution in [0.3, 0.4) is 0 Å². The molecule has 0 aromatic carbocycles. The molecule has 4 N–H and O–H groups in total. The molecule has 0 aliphatic carbocycles. The van der Waals surface area contributed by atoms with E-state index in [9.17, 15) is 0 Å². The van der Waals surface area contributed by atoms with Crippen LogP contribution in [0.25, 0.3) is 0 Å². The Labute approximate surface area is 95.7 Å². The fourth-order valence-electron chi connectivity index (χ4n) is 0.914. The molecule has 4 nitrogen and oxygen atoms in total. The molecule has 0 radical (unpaired) electrons.